The van der Waals surface area contributed by atoms with Crippen LogP contribution in [0.25, 0.3) is 0 Å². The normalized spacial score (nSPS) is 22.7. The van der Waals surface area contributed by atoms with E-state index in [0.29, 0.717) is 24.8 Å². The van der Waals surface area contributed by atoms with Crippen LogP contribution in [0.3, 0.4) is 0 Å². The molecule has 2 aliphatic heterocycles. The number of amides is 1. The largest absolute Gasteiger partial charge is 0.461 e. The molecule has 1 aromatic carbocycles. The number of ether oxygens (including phenoxy) is 1. The Morgan fingerprint density at radius 1 is 1.07 bits per heavy atom. The number of anilines is 1. The van der Waals surface area contributed by atoms with Gasteiger partial charge in [-0.1, -0.05) is 25.1 Å². The molecule has 1 unspecified atom stereocenters. The van der Waals surface area contributed by atoms with E-state index in [0.717, 1.165) is 51.0 Å². The van der Waals surface area contributed by atoms with Gasteiger partial charge in [0.05, 0.1) is 12.3 Å². The lowest BCUT2D eigenvalue weighted by molar-refractivity contribution is -0.136. The van der Waals surface area contributed by atoms with Crippen molar-refractivity contribution in [2.24, 2.45) is 5.10 Å². The molecule has 0 spiro atoms. The van der Waals surface area contributed by atoms with E-state index in [-0.39, 0.29) is 11.9 Å². The third-order valence-corrected chi connectivity index (χ3v) is 6.32. The molecule has 30 heavy (non-hydrogen) atoms. The second-order valence-electron chi connectivity index (χ2n) is 8.31. The van der Waals surface area contributed by atoms with Crippen molar-refractivity contribution in [3.05, 3.63) is 30.3 Å². The lowest BCUT2D eigenvalue weighted by atomic mass is 10.0. The number of piperidine rings is 1. The van der Waals surface area contributed by atoms with Crippen molar-refractivity contribution in [2.75, 3.05) is 31.3 Å². The van der Waals surface area contributed by atoms with Crippen LogP contribution >= 0.6 is 0 Å². The SMILES string of the molecule is CCOC(=O)C1=NN(c2ccccc2)C(C(=O)N(C2CC2)C2CCN(CC)CC2)C1. The third-order valence-electron chi connectivity index (χ3n) is 6.32. The van der Waals surface area contributed by atoms with Gasteiger partial charge >= 0.3 is 5.97 Å². The van der Waals surface area contributed by atoms with Crippen molar-refractivity contribution in [2.45, 2.75) is 64.1 Å². The zero-order valence-electron chi connectivity index (χ0n) is 18.0. The lowest BCUT2D eigenvalue weighted by Crippen LogP contribution is -2.53. The van der Waals surface area contributed by atoms with Gasteiger partial charge in [-0.3, -0.25) is 9.80 Å². The number of likely N-dealkylation sites (tertiary alicyclic amines) is 1. The summed E-state index contributed by atoms with van der Waals surface area (Å²) in [5.74, 6) is -0.331. The van der Waals surface area contributed by atoms with Gasteiger partial charge in [0.2, 0.25) is 5.91 Å². The highest BCUT2D eigenvalue weighted by Gasteiger charge is 2.45. The standard InChI is InChI=1S/C23H32N4O3/c1-3-25-14-12-18(13-15-25)26(17-10-11-17)22(28)21-16-20(23(29)30-4-2)24-27(21)19-8-6-5-7-9-19/h5-9,17-18,21H,3-4,10-16H2,1-2H3. The van der Waals surface area contributed by atoms with Crippen molar-refractivity contribution in [3.63, 3.8) is 0 Å². The van der Waals surface area contributed by atoms with Gasteiger partial charge in [0, 0.05) is 31.6 Å². The van der Waals surface area contributed by atoms with Crippen LogP contribution < -0.4 is 5.01 Å². The first-order valence-corrected chi connectivity index (χ1v) is 11.3. The van der Waals surface area contributed by atoms with E-state index in [9.17, 15) is 9.59 Å². The minimum Gasteiger partial charge on any atom is -0.461 e. The average molecular weight is 413 g/mol. The fourth-order valence-electron chi connectivity index (χ4n) is 4.56. The van der Waals surface area contributed by atoms with Gasteiger partial charge in [0.15, 0.2) is 0 Å². The molecule has 1 amide bonds. The molecule has 1 saturated carbocycles. The highest BCUT2D eigenvalue weighted by atomic mass is 16.5. The smallest absolute Gasteiger partial charge is 0.354 e. The number of carbonyl (C=O) groups excluding carboxylic acids is 2. The number of carbonyl (C=O) groups is 2. The Morgan fingerprint density at radius 3 is 2.33 bits per heavy atom. The summed E-state index contributed by atoms with van der Waals surface area (Å²) in [4.78, 5) is 30.8. The number of nitrogens with zero attached hydrogens (tertiary/aromatic N) is 4. The molecule has 1 atom stereocenters. The zero-order valence-corrected chi connectivity index (χ0v) is 18.0. The van der Waals surface area contributed by atoms with E-state index < -0.39 is 12.0 Å². The van der Waals surface area contributed by atoms with Crippen LogP contribution in [0.1, 0.15) is 46.0 Å². The highest BCUT2D eigenvalue weighted by molar-refractivity contribution is 6.38. The maximum absolute atomic E-state index is 13.8. The second kappa shape index (κ2) is 9.16. The molecule has 1 saturated heterocycles. The Balaban J connectivity index is 1.56. The van der Waals surface area contributed by atoms with Crippen molar-refractivity contribution in [3.8, 4) is 0 Å². The first kappa shape index (κ1) is 20.8. The number of benzene rings is 1. The van der Waals surface area contributed by atoms with Crippen molar-refractivity contribution in [1.29, 1.82) is 0 Å². The maximum Gasteiger partial charge on any atom is 0.354 e. The summed E-state index contributed by atoms with van der Waals surface area (Å²) in [6.07, 6.45) is 4.47. The maximum atomic E-state index is 13.8. The minimum atomic E-state index is -0.489. The fraction of sp³-hybridized carbons (Fsp3) is 0.609. The molecule has 1 aromatic rings. The van der Waals surface area contributed by atoms with Crippen LogP contribution in [-0.2, 0) is 14.3 Å². The van der Waals surface area contributed by atoms with Crippen LogP contribution in [0, 0.1) is 0 Å². The van der Waals surface area contributed by atoms with E-state index in [1.54, 1.807) is 11.9 Å². The van der Waals surface area contributed by atoms with Gasteiger partial charge in [-0.2, -0.15) is 5.10 Å². The Hall–Kier alpha value is -2.41. The summed E-state index contributed by atoms with van der Waals surface area (Å²) in [7, 11) is 0. The molecular formula is C23H32N4O3. The molecule has 7 nitrogen and oxygen atoms in total. The monoisotopic (exact) mass is 412 g/mol. The number of esters is 1. The molecule has 1 aliphatic carbocycles. The van der Waals surface area contributed by atoms with Crippen molar-refractivity contribution < 1.29 is 14.3 Å². The van der Waals surface area contributed by atoms with Crippen LogP contribution in [-0.4, -0.2) is 71.8 Å². The number of para-hydroxylation sites is 1. The highest BCUT2D eigenvalue weighted by Crippen LogP contribution is 2.35. The Labute approximate surface area is 178 Å². The van der Waals surface area contributed by atoms with Gasteiger partial charge in [-0.25, -0.2) is 4.79 Å². The number of rotatable bonds is 7. The number of hydrazone groups is 1. The van der Waals surface area contributed by atoms with Crippen LogP contribution in [0.15, 0.2) is 35.4 Å². The first-order valence-electron chi connectivity index (χ1n) is 11.3. The molecule has 7 heteroatoms. The molecule has 162 valence electrons. The van der Waals surface area contributed by atoms with E-state index in [1.165, 1.54) is 0 Å². The summed E-state index contributed by atoms with van der Waals surface area (Å²) in [6, 6.07) is 9.76. The predicted molar refractivity (Wildman–Crippen MR) is 116 cm³/mol. The van der Waals surface area contributed by atoms with Crippen molar-refractivity contribution in [1.82, 2.24) is 9.80 Å². The van der Waals surface area contributed by atoms with Crippen LogP contribution in [0.4, 0.5) is 5.69 Å². The molecule has 3 aliphatic rings. The molecule has 2 heterocycles. The van der Waals surface area contributed by atoms with E-state index in [1.807, 2.05) is 30.3 Å². The molecule has 4 rings (SSSR count). The summed E-state index contributed by atoms with van der Waals surface area (Å²) >= 11 is 0. The number of hydrogen-bond acceptors (Lipinski definition) is 6. The molecule has 0 radical (unpaired) electrons. The van der Waals surface area contributed by atoms with Gasteiger partial charge < -0.3 is 14.5 Å². The number of hydrogen-bond donors (Lipinski definition) is 0. The zero-order chi connectivity index (χ0) is 21.1. The lowest BCUT2D eigenvalue weighted by Gasteiger charge is -2.40. The fourth-order valence-corrected chi connectivity index (χ4v) is 4.56. The van der Waals surface area contributed by atoms with Gasteiger partial charge in [0.25, 0.3) is 0 Å². The van der Waals surface area contributed by atoms with Crippen LogP contribution in [0.5, 0.6) is 0 Å². The summed E-state index contributed by atoms with van der Waals surface area (Å²) in [5.41, 5.74) is 1.15. The van der Waals surface area contributed by atoms with Gasteiger partial charge in [-0.15, -0.1) is 0 Å². The summed E-state index contributed by atoms with van der Waals surface area (Å²) < 4.78 is 5.17. The average Bonchev–Trinajstić information content (AvgIpc) is 3.51. The van der Waals surface area contributed by atoms with E-state index in [4.69, 9.17) is 4.74 Å². The van der Waals surface area contributed by atoms with Gasteiger partial charge in [-0.05, 0) is 51.3 Å². The quantitative estimate of drug-likeness (QED) is 0.644. The topological polar surface area (TPSA) is 65.5 Å². The minimum absolute atomic E-state index is 0.0966. The third kappa shape index (κ3) is 4.36. The summed E-state index contributed by atoms with van der Waals surface area (Å²) in [6.45, 7) is 7.40. The van der Waals surface area contributed by atoms with E-state index >= 15 is 0 Å². The Kier molecular flexibility index (Phi) is 6.37. The van der Waals surface area contributed by atoms with E-state index in [2.05, 4.69) is 21.8 Å². The second-order valence-corrected chi connectivity index (χ2v) is 8.31. The molecule has 0 bridgehead atoms. The molecule has 2 fully saturated rings. The van der Waals surface area contributed by atoms with Gasteiger partial charge in [0.1, 0.15) is 11.8 Å². The van der Waals surface area contributed by atoms with Crippen LogP contribution in [0.2, 0.25) is 0 Å². The first-order chi connectivity index (χ1) is 14.6. The molecule has 0 aromatic heterocycles. The molecule has 0 N–H and O–H groups in total. The predicted octanol–water partition coefficient (Wildman–Crippen LogP) is 2.66. The Morgan fingerprint density at radius 2 is 1.73 bits per heavy atom. The Bertz CT molecular complexity index is 785. The summed E-state index contributed by atoms with van der Waals surface area (Å²) in [5, 5.41) is 6.26. The van der Waals surface area contributed by atoms with Crippen molar-refractivity contribution >= 4 is 23.3 Å². The molecular weight excluding hydrogens is 380 g/mol.